The summed E-state index contributed by atoms with van der Waals surface area (Å²) in [5.74, 6) is 0.305. The molecule has 0 radical (unpaired) electrons. The van der Waals surface area contributed by atoms with Crippen molar-refractivity contribution in [3.8, 4) is 22.6 Å². The van der Waals surface area contributed by atoms with Gasteiger partial charge in [0.25, 0.3) is 10.0 Å². The molecule has 0 aliphatic carbocycles. The van der Waals surface area contributed by atoms with E-state index in [0.29, 0.717) is 16.3 Å². The van der Waals surface area contributed by atoms with Gasteiger partial charge in [-0.15, -0.1) is 11.3 Å². The van der Waals surface area contributed by atoms with E-state index in [-0.39, 0.29) is 16.6 Å². The van der Waals surface area contributed by atoms with Gasteiger partial charge in [0.1, 0.15) is 28.0 Å². The van der Waals surface area contributed by atoms with E-state index in [9.17, 15) is 8.42 Å². The van der Waals surface area contributed by atoms with Crippen LogP contribution in [0.25, 0.3) is 11.1 Å². The van der Waals surface area contributed by atoms with Crippen LogP contribution in [0.3, 0.4) is 0 Å². The molecule has 5 rings (SSSR count). The molecule has 182 valence electrons. The zero-order valence-electron chi connectivity index (χ0n) is 18.2. The Labute approximate surface area is 214 Å². The molecular formula is C22H18Cl2FN5O3S2. The molecule has 8 nitrogen and oxygen atoms in total. The molecule has 1 aliphatic heterocycles. The number of hydrogen-bond donors (Lipinski definition) is 1. The van der Waals surface area contributed by atoms with Crippen LogP contribution in [0.4, 0.5) is 16.0 Å². The van der Waals surface area contributed by atoms with Crippen molar-refractivity contribution in [1.29, 1.82) is 0 Å². The van der Waals surface area contributed by atoms with Crippen LogP contribution in [-0.4, -0.2) is 36.8 Å². The number of benzene rings is 2. The molecular weight excluding hydrogens is 536 g/mol. The van der Waals surface area contributed by atoms with E-state index >= 15 is 4.39 Å². The topological polar surface area (TPSA) is 89.3 Å². The van der Waals surface area contributed by atoms with Gasteiger partial charge in [-0.1, -0.05) is 23.2 Å². The Kier molecular flexibility index (Phi) is 6.34. The zero-order chi connectivity index (χ0) is 24.7. The maximum Gasteiger partial charge on any atom is 0.268 e. The Bertz CT molecular complexity index is 1510. The quantitative estimate of drug-likeness (QED) is 0.320. The number of sulfonamides is 1. The first-order valence-electron chi connectivity index (χ1n) is 10.4. The summed E-state index contributed by atoms with van der Waals surface area (Å²) in [5.41, 5.74) is 2.88. The minimum absolute atomic E-state index is 0.0444. The smallest absolute Gasteiger partial charge is 0.268 e. The Hall–Kier alpha value is -2.86. The molecule has 3 heterocycles. The van der Waals surface area contributed by atoms with Gasteiger partial charge in [0.15, 0.2) is 5.82 Å². The molecule has 1 aliphatic rings. The van der Waals surface area contributed by atoms with Crippen molar-refractivity contribution in [2.45, 2.75) is 17.9 Å². The van der Waals surface area contributed by atoms with Crippen molar-refractivity contribution < 1.29 is 17.5 Å². The van der Waals surface area contributed by atoms with E-state index in [4.69, 9.17) is 27.9 Å². The van der Waals surface area contributed by atoms with Gasteiger partial charge >= 0.3 is 0 Å². The largest absolute Gasteiger partial charge is 0.455 e. The van der Waals surface area contributed by atoms with E-state index in [0.717, 1.165) is 47.3 Å². The Balaban J connectivity index is 1.52. The van der Waals surface area contributed by atoms with Crippen molar-refractivity contribution in [2.24, 2.45) is 0 Å². The Morgan fingerprint density at radius 3 is 2.80 bits per heavy atom. The molecule has 35 heavy (non-hydrogen) atoms. The van der Waals surface area contributed by atoms with Crippen LogP contribution in [0.15, 0.2) is 52.3 Å². The van der Waals surface area contributed by atoms with E-state index in [1.807, 2.05) is 4.68 Å². The average Bonchev–Trinajstić information content (AvgIpc) is 3.52. The minimum atomic E-state index is -4.24. The third kappa shape index (κ3) is 4.44. The van der Waals surface area contributed by atoms with Crippen molar-refractivity contribution in [3.63, 3.8) is 0 Å². The Morgan fingerprint density at radius 2 is 2.03 bits per heavy atom. The predicted molar refractivity (Wildman–Crippen MR) is 135 cm³/mol. The molecule has 2 aromatic heterocycles. The molecule has 0 saturated heterocycles. The van der Waals surface area contributed by atoms with Crippen LogP contribution in [0.1, 0.15) is 6.42 Å². The monoisotopic (exact) mass is 553 g/mol. The highest BCUT2D eigenvalue weighted by Gasteiger charge is 2.28. The number of anilines is 2. The SMILES string of the molecule is CN(c1cscn1)S(=O)(=O)c1cc(Cl)c(Oc2ccc(Cl)cc2-c2cnn3c2NCCC3)cc1F. The van der Waals surface area contributed by atoms with Crippen LogP contribution in [0.5, 0.6) is 11.5 Å². The molecule has 1 N–H and O–H groups in total. The second-order valence-electron chi connectivity index (χ2n) is 7.69. The zero-order valence-corrected chi connectivity index (χ0v) is 21.3. The number of fused-ring (bicyclic) bond motifs is 1. The fourth-order valence-corrected chi connectivity index (χ4v) is 6.00. The van der Waals surface area contributed by atoms with Crippen LogP contribution >= 0.6 is 34.5 Å². The van der Waals surface area contributed by atoms with Gasteiger partial charge in [0.05, 0.1) is 16.7 Å². The second-order valence-corrected chi connectivity index (χ2v) is 11.2. The molecule has 0 saturated carbocycles. The lowest BCUT2D eigenvalue weighted by molar-refractivity contribution is 0.475. The van der Waals surface area contributed by atoms with Gasteiger partial charge in [0.2, 0.25) is 0 Å². The molecule has 0 bridgehead atoms. The highest BCUT2D eigenvalue weighted by atomic mass is 35.5. The van der Waals surface area contributed by atoms with Crippen molar-refractivity contribution >= 4 is 56.2 Å². The van der Waals surface area contributed by atoms with Gasteiger partial charge in [0, 0.05) is 47.7 Å². The highest BCUT2D eigenvalue weighted by molar-refractivity contribution is 7.92. The van der Waals surface area contributed by atoms with Crippen molar-refractivity contribution in [3.05, 3.63) is 63.3 Å². The van der Waals surface area contributed by atoms with E-state index in [1.54, 1.807) is 29.8 Å². The Morgan fingerprint density at radius 1 is 1.20 bits per heavy atom. The highest BCUT2D eigenvalue weighted by Crippen LogP contribution is 2.42. The first kappa shape index (κ1) is 23.9. The minimum Gasteiger partial charge on any atom is -0.455 e. The van der Waals surface area contributed by atoms with E-state index < -0.39 is 20.7 Å². The van der Waals surface area contributed by atoms with Crippen molar-refractivity contribution in [2.75, 3.05) is 23.2 Å². The maximum atomic E-state index is 15.1. The fourth-order valence-electron chi connectivity index (χ4n) is 3.71. The molecule has 0 atom stereocenters. The third-order valence-corrected chi connectivity index (χ3v) is 8.38. The van der Waals surface area contributed by atoms with Crippen LogP contribution in [0, 0.1) is 5.82 Å². The summed E-state index contributed by atoms with van der Waals surface area (Å²) in [5, 5.41) is 9.68. The van der Waals surface area contributed by atoms with Gasteiger partial charge in [-0.25, -0.2) is 22.5 Å². The number of nitrogens with one attached hydrogen (secondary N) is 1. The van der Waals surface area contributed by atoms with Gasteiger partial charge in [-0.05, 0) is 30.7 Å². The molecule has 0 fully saturated rings. The number of ether oxygens (including phenoxy) is 1. The average molecular weight is 554 g/mol. The maximum absolute atomic E-state index is 15.1. The number of hydrogen-bond acceptors (Lipinski definition) is 7. The van der Waals surface area contributed by atoms with Gasteiger partial charge in [-0.3, -0.25) is 4.31 Å². The number of thiazole rings is 1. The summed E-state index contributed by atoms with van der Waals surface area (Å²) in [6.07, 6.45) is 2.66. The molecule has 4 aromatic rings. The third-order valence-electron chi connectivity index (χ3n) is 5.50. The second kappa shape index (κ2) is 9.30. The fraction of sp³-hybridized carbons (Fsp3) is 0.182. The van der Waals surface area contributed by atoms with E-state index in [2.05, 4.69) is 15.4 Å². The number of aromatic nitrogens is 3. The summed E-state index contributed by atoms with van der Waals surface area (Å²) in [6.45, 7) is 1.58. The predicted octanol–water partition coefficient (Wildman–Crippen LogP) is 5.89. The number of nitrogens with zero attached hydrogens (tertiary/aromatic N) is 4. The normalized spacial score (nSPS) is 13.3. The van der Waals surface area contributed by atoms with E-state index in [1.165, 1.54) is 23.9 Å². The summed E-state index contributed by atoms with van der Waals surface area (Å²) in [7, 11) is -2.94. The summed E-state index contributed by atoms with van der Waals surface area (Å²) in [4.78, 5) is 3.38. The van der Waals surface area contributed by atoms with Gasteiger partial charge in [-0.2, -0.15) is 5.10 Å². The van der Waals surface area contributed by atoms with Crippen molar-refractivity contribution in [1.82, 2.24) is 14.8 Å². The van der Waals surface area contributed by atoms with Crippen LogP contribution in [0.2, 0.25) is 10.0 Å². The number of aryl methyl sites for hydroxylation is 1. The molecule has 0 amide bonds. The molecule has 0 unspecified atom stereocenters. The first-order valence-corrected chi connectivity index (χ1v) is 13.5. The summed E-state index contributed by atoms with van der Waals surface area (Å²) >= 11 is 13.8. The van der Waals surface area contributed by atoms with Crippen LogP contribution in [-0.2, 0) is 16.6 Å². The number of rotatable bonds is 6. The lowest BCUT2D eigenvalue weighted by Crippen LogP contribution is -2.27. The number of halogens is 3. The lowest BCUT2D eigenvalue weighted by atomic mass is 10.1. The summed E-state index contributed by atoms with van der Waals surface area (Å²) < 4.78 is 49.8. The lowest BCUT2D eigenvalue weighted by Gasteiger charge is -2.19. The first-order chi connectivity index (χ1) is 16.8. The molecule has 2 aromatic carbocycles. The molecule has 13 heteroatoms. The van der Waals surface area contributed by atoms with Crippen LogP contribution < -0.4 is 14.4 Å². The standard InChI is InChI=1S/C22H18Cl2FN5O3S2/c1-29(21-11-34-12-27-21)35(31,32)20-8-16(24)19(9-17(20)25)33-18-4-3-13(23)7-14(18)15-10-28-30-6-2-5-26-22(15)30/h3-4,7-12,26H,2,5-6H2,1H3. The summed E-state index contributed by atoms with van der Waals surface area (Å²) in [6, 6.07) is 6.98. The molecule has 0 spiro atoms. The van der Waals surface area contributed by atoms with Gasteiger partial charge < -0.3 is 10.1 Å².